The molecule has 1 atom stereocenters. The fourth-order valence-corrected chi connectivity index (χ4v) is 2.07. The fraction of sp³-hybridized carbons (Fsp3) is 0.357. The zero-order chi connectivity index (χ0) is 15.6. The minimum atomic E-state index is -4.60. The first-order valence-corrected chi connectivity index (χ1v) is 6.40. The highest BCUT2D eigenvalue weighted by molar-refractivity contribution is 5.31. The highest BCUT2D eigenvalue weighted by Gasteiger charge is 2.32. The predicted molar refractivity (Wildman–Crippen MR) is 68.0 cm³/mol. The molecule has 2 rings (SSSR count). The van der Waals surface area contributed by atoms with Crippen molar-refractivity contribution in [2.24, 2.45) is 0 Å². The SMILES string of the molecule is CCCn1ccnc1C(O)c1cc(C(F)(F)F)ccc1F. The first-order chi connectivity index (χ1) is 9.84. The molecular formula is C14H14F4N2O. The Morgan fingerprint density at radius 1 is 1.33 bits per heavy atom. The quantitative estimate of drug-likeness (QED) is 0.877. The van der Waals surface area contributed by atoms with Crippen LogP contribution in [0.4, 0.5) is 17.6 Å². The summed E-state index contributed by atoms with van der Waals surface area (Å²) >= 11 is 0. The van der Waals surface area contributed by atoms with E-state index in [0.29, 0.717) is 24.7 Å². The molecule has 1 N–H and O–H groups in total. The molecule has 1 unspecified atom stereocenters. The second-order valence-corrected chi connectivity index (χ2v) is 4.62. The van der Waals surface area contributed by atoms with Crippen molar-refractivity contribution in [3.05, 3.63) is 53.4 Å². The lowest BCUT2D eigenvalue weighted by Crippen LogP contribution is -2.13. The van der Waals surface area contributed by atoms with Gasteiger partial charge in [0.15, 0.2) is 0 Å². The Morgan fingerprint density at radius 3 is 2.67 bits per heavy atom. The Kier molecular flexibility index (Phi) is 4.32. The van der Waals surface area contributed by atoms with Crippen molar-refractivity contribution in [1.82, 2.24) is 9.55 Å². The number of aryl methyl sites for hydroxylation is 1. The summed E-state index contributed by atoms with van der Waals surface area (Å²) in [6.07, 6.45) is -2.39. The van der Waals surface area contributed by atoms with Gasteiger partial charge in [0.2, 0.25) is 0 Å². The van der Waals surface area contributed by atoms with Gasteiger partial charge in [0.25, 0.3) is 0 Å². The van der Waals surface area contributed by atoms with Gasteiger partial charge >= 0.3 is 6.18 Å². The Hall–Kier alpha value is -1.89. The summed E-state index contributed by atoms with van der Waals surface area (Å²) in [5, 5.41) is 10.2. The van der Waals surface area contributed by atoms with E-state index in [2.05, 4.69) is 4.98 Å². The minimum Gasteiger partial charge on any atom is -0.380 e. The van der Waals surface area contributed by atoms with Gasteiger partial charge in [-0.05, 0) is 24.6 Å². The molecule has 0 bridgehead atoms. The highest BCUT2D eigenvalue weighted by Crippen LogP contribution is 2.33. The smallest absolute Gasteiger partial charge is 0.380 e. The topological polar surface area (TPSA) is 38.0 Å². The minimum absolute atomic E-state index is 0.120. The van der Waals surface area contributed by atoms with Crippen LogP contribution >= 0.6 is 0 Å². The van der Waals surface area contributed by atoms with Gasteiger partial charge in [0.1, 0.15) is 17.7 Å². The lowest BCUT2D eigenvalue weighted by Gasteiger charge is -2.16. The zero-order valence-corrected chi connectivity index (χ0v) is 11.2. The van der Waals surface area contributed by atoms with E-state index in [4.69, 9.17) is 0 Å². The molecule has 0 aliphatic heterocycles. The van der Waals surface area contributed by atoms with E-state index in [1.807, 2.05) is 6.92 Å². The van der Waals surface area contributed by atoms with Crippen molar-refractivity contribution >= 4 is 0 Å². The van der Waals surface area contributed by atoms with E-state index in [1.54, 1.807) is 10.8 Å². The molecule has 21 heavy (non-hydrogen) atoms. The van der Waals surface area contributed by atoms with Gasteiger partial charge in [-0.3, -0.25) is 0 Å². The summed E-state index contributed by atoms with van der Waals surface area (Å²) in [5.41, 5.74) is -1.44. The van der Waals surface area contributed by atoms with Gasteiger partial charge in [0.05, 0.1) is 5.56 Å². The average molecular weight is 302 g/mol. The van der Waals surface area contributed by atoms with Crippen molar-refractivity contribution in [1.29, 1.82) is 0 Å². The van der Waals surface area contributed by atoms with Crippen molar-refractivity contribution in [2.75, 3.05) is 0 Å². The monoisotopic (exact) mass is 302 g/mol. The number of hydrogen-bond acceptors (Lipinski definition) is 2. The van der Waals surface area contributed by atoms with Crippen LogP contribution < -0.4 is 0 Å². The summed E-state index contributed by atoms with van der Waals surface area (Å²) < 4.78 is 53.4. The summed E-state index contributed by atoms with van der Waals surface area (Å²) in [6.45, 7) is 2.44. The number of imidazole rings is 1. The predicted octanol–water partition coefficient (Wildman–Crippen LogP) is 3.53. The molecule has 0 saturated carbocycles. The summed E-state index contributed by atoms with van der Waals surface area (Å²) in [5.74, 6) is -0.781. The average Bonchev–Trinajstić information content (AvgIpc) is 2.86. The van der Waals surface area contributed by atoms with E-state index in [1.165, 1.54) is 6.20 Å². The zero-order valence-electron chi connectivity index (χ0n) is 11.2. The number of aromatic nitrogens is 2. The number of halogens is 4. The number of hydrogen-bond donors (Lipinski definition) is 1. The highest BCUT2D eigenvalue weighted by atomic mass is 19.4. The number of alkyl halides is 3. The van der Waals surface area contributed by atoms with Crippen LogP contribution in [0.5, 0.6) is 0 Å². The summed E-state index contributed by atoms with van der Waals surface area (Å²) in [4.78, 5) is 3.91. The third-order valence-electron chi connectivity index (χ3n) is 3.07. The molecule has 0 saturated heterocycles. The molecule has 1 heterocycles. The van der Waals surface area contributed by atoms with Crippen LogP contribution in [0.2, 0.25) is 0 Å². The van der Waals surface area contributed by atoms with Crippen LogP contribution in [0.3, 0.4) is 0 Å². The van der Waals surface area contributed by atoms with Gasteiger partial charge in [-0.2, -0.15) is 13.2 Å². The molecule has 1 aromatic carbocycles. The molecule has 0 amide bonds. The van der Waals surface area contributed by atoms with Gasteiger partial charge in [-0.15, -0.1) is 0 Å². The standard InChI is InChI=1S/C14H14F4N2O/c1-2-6-20-7-5-19-13(20)12(21)10-8-9(14(16,17)18)3-4-11(10)15/h3-5,7-8,12,21H,2,6H2,1H3. The molecule has 0 spiro atoms. The van der Waals surface area contributed by atoms with Crippen LogP contribution in [0.15, 0.2) is 30.6 Å². The van der Waals surface area contributed by atoms with E-state index in [0.717, 1.165) is 6.42 Å². The van der Waals surface area contributed by atoms with Gasteiger partial charge in [-0.25, -0.2) is 9.37 Å². The molecule has 7 heteroatoms. The van der Waals surface area contributed by atoms with Crippen LogP contribution in [0, 0.1) is 5.82 Å². The Bertz CT molecular complexity index is 622. The molecule has 0 aliphatic rings. The van der Waals surface area contributed by atoms with E-state index < -0.39 is 29.2 Å². The number of aliphatic hydroxyl groups excluding tert-OH is 1. The molecule has 114 valence electrons. The van der Waals surface area contributed by atoms with Crippen LogP contribution in [-0.2, 0) is 12.7 Å². The van der Waals surface area contributed by atoms with Crippen molar-refractivity contribution in [3.8, 4) is 0 Å². The number of rotatable bonds is 4. The lowest BCUT2D eigenvalue weighted by molar-refractivity contribution is -0.137. The van der Waals surface area contributed by atoms with Gasteiger partial charge < -0.3 is 9.67 Å². The van der Waals surface area contributed by atoms with Crippen LogP contribution in [-0.4, -0.2) is 14.7 Å². The number of nitrogens with zero attached hydrogens (tertiary/aromatic N) is 2. The first kappa shape index (κ1) is 15.5. The largest absolute Gasteiger partial charge is 0.416 e. The van der Waals surface area contributed by atoms with Crippen molar-refractivity contribution < 1.29 is 22.7 Å². The fourth-order valence-electron chi connectivity index (χ4n) is 2.07. The molecule has 2 aromatic rings. The Morgan fingerprint density at radius 2 is 2.05 bits per heavy atom. The summed E-state index contributed by atoms with van der Waals surface area (Å²) in [7, 11) is 0. The molecular weight excluding hydrogens is 288 g/mol. The maximum atomic E-state index is 13.8. The second kappa shape index (κ2) is 5.85. The normalized spacial score (nSPS) is 13.4. The van der Waals surface area contributed by atoms with Crippen LogP contribution in [0.25, 0.3) is 0 Å². The van der Waals surface area contributed by atoms with Crippen molar-refractivity contribution in [2.45, 2.75) is 32.2 Å². The lowest BCUT2D eigenvalue weighted by atomic mass is 10.0. The number of benzene rings is 1. The molecule has 0 radical (unpaired) electrons. The van der Waals surface area contributed by atoms with Gasteiger partial charge in [0, 0.05) is 24.5 Å². The second-order valence-electron chi connectivity index (χ2n) is 4.62. The first-order valence-electron chi connectivity index (χ1n) is 6.40. The van der Waals surface area contributed by atoms with Crippen LogP contribution in [0.1, 0.15) is 36.4 Å². The maximum Gasteiger partial charge on any atom is 0.416 e. The Labute approximate surface area is 118 Å². The van der Waals surface area contributed by atoms with Gasteiger partial charge in [-0.1, -0.05) is 6.92 Å². The molecule has 0 aliphatic carbocycles. The van der Waals surface area contributed by atoms with E-state index >= 15 is 0 Å². The van der Waals surface area contributed by atoms with E-state index in [-0.39, 0.29) is 5.82 Å². The third kappa shape index (κ3) is 3.24. The molecule has 0 fully saturated rings. The van der Waals surface area contributed by atoms with Crippen molar-refractivity contribution in [3.63, 3.8) is 0 Å². The summed E-state index contributed by atoms with van der Waals surface area (Å²) in [6, 6.07) is 1.96. The maximum absolute atomic E-state index is 13.8. The molecule has 1 aromatic heterocycles. The number of aliphatic hydroxyl groups is 1. The Balaban J connectivity index is 2.43. The third-order valence-corrected chi connectivity index (χ3v) is 3.07. The van der Waals surface area contributed by atoms with E-state index in [9.17, 15) is 22.7 Å². The molecule has 3 nitrogen and oxygen atoms in total.